The summed E-state index contributed by atoms with van der Waals surface area (Å²) < 4.78 is 6.06. The fourth-order valence-electron chi connectivity index (χ4n) is 2.89. The second kappa shape index (κ2) is 6.20. The maximum atomic E-state index is 6.06. The summed E-state index contributed by atoms with van der Waals surface area (Å²) in [4.78, 5) is 0. The first-order chi connectivity index (χ1) is 10.9. The van der Waals surface area contributed by atoms with Crippen molar-refractivity contribution in [1.29, 1.82) is 0 Å². The molecule has 1 aliphatic heterocycles. The van der Waals surface area contributed by atoms with Gasteiger partial charge in [0.05, 0.1) is 6.04 Å². The van der Waals surface area contributed by atoms with Crippen molar-refractivity contribution in [3.63, 3.8) is 0 Å². The Morgan fingerprint density at radius 2 is 1.83 bits per heavy atom. The van der Waals surface area contributed by atoms with E-state index in [0.29, 0.717) is 5.11 Å². The third-order valence-corrected chi connectivity index (χ3v) is 4.21. The molecule has 1 atom stereocenters. The number of thiocarbonyl (C=S) groups is 1. The minimum absolute atomic E-state index is 0.139. The summed E-state index contributed by atoms with van der Waals surface area (Å²) in [5.41, 5.74) is 3.16. The molecule has 0 spiro atoms. The standard InChI is InChI=1S/C19H22N2OS/c1-13-8-10-14(11-9-13)20-18(23)21-16-12-19(2,3)22-17-7-5-4-6-15(16)17/h4-11,16H,12H2,1-3H3,(H2,20,21,23)/t16-/m0/s1. The molecular weight excluding hydrogens is 304 g/mol. The first kappa shape index (κ1) is 15.8. The predicted octanol–water partition coefficient (Wildman–Crippen LogP) is 4.58. The molecule has 1 aliphatic rings. The van der Waals surface area contributed by atoms with Gasteiger partial charge in [0.15, 0.2) is 5.11 Å². The lowest BCUT2D eigenvalue weighted by atomic mass is 9.90. The molecule has 0 radical (unpaired) electrons. The van der Waals surface area contributed by atoms with Gasteiger partial charge in [-0.25, -0.2) is 0 Å². The first-order valence-corrected chi connectivity index (χ1v) is 8.26. The van der Waals surface area contributed by atoms with Crippen molar-refractivity contribution >= 4 is 23.0 Å². The van der Waals surface area contributed by atoms with Crippen LogP contribution in [0.3, 0.4) is 0 Å². The highest BCUT2D eigenvalue weighted by Gasteiger charge is 2.33. The third-order valence-electron chi connectivity index (χ3n) is 3.99. The smallest absolute Gasteiger partial charge is 0.171 e. The van der Waals surface area contributed by atoms with Gasteiger partial charge >= 0.3 is 0 Å². The molecule has 4 heteroatoms. The second-order valence-electron chi connectivity index (χ2n) is 6.62. The molecule has 3 rings (SSSR count). The Morgan fingerprint density at radius 1 is 1.13 bits per heavy atom. The average molecular weight is 326 g/mol. The van der Waals surface area contributed by atoms with Crippen LogP contribution < -0.4 is 15.4 Å². The van der Waals surface area contributed by atoms with E-state index in [2.05, 4.69) is 49.6 Å². The lowest BCUT2D eigenvalue weighted by Gasteiger charge is -2.38. The quantitative estimate of drug-likeness (QED) is 0.791. The van der Waals surface area contributed by atoms with E-state index < -0.39 is 0 Å². The molecule has 0 bridgehead atoms. The molecule has 3 nitrogen and oxygen atoms in total. The summed E-state index contributed by atoms with van der Waals surface area (Å²) in [7, 11) is 0. The van der Waals surface area contributed by atoms with E-state index in [9.17, 15) is 0 Å². The maximum Gasteiger partial charge on any atom is 0.171 e. The van der Waals surface area contributed by atoms with Gasteiger partial charge in [-0.2, -0.15) is 0 Å². The number of anilines is 1. The molecule has 0 saturated carbocycles. The molecule has 2 N–H and O–H groups in total. The van der Waals surface area contributed by atoms with E-state index in [1.807, 2.05) is 30.3 Å². The SMILES string of the molecule is Cc1ccc(NC(=S)N[C@H]2CC(C)(C)Oc3ccccc32)cc1. The van der Waals surface area contributed by atoms with Gasteiger partial charge in [0.25, 0.3) is 0 Å². The number of hydrogen-bond acceptors (Lipinski definition) is 2. The van der Waals surface area contributed by atoms with Crippen LogP contribution in [-0.4, -0.2) is 10.7 Å². The van der Waals surface area contributed by atoms with Crippen molar-refractivity contribution in [3.05, 3.63) is 59.7 Å². The van der Waals surface area contributed by atoms with Crippen molar-refractivity contribution in [1.82, 2.24) is 5.32 Å². The Bertz CT molecular complexity index is 710. The van der Waals surface area contributed by atoms with Crippen LogP contribution in [0.5, 0.6) is 5.75 Å². The normalized spacial score (nSPS) is 18.5. The lowest BCUT2D eigenvalue weighted by molar-refractivity contribution is 0.0697. The van der Waals surface area contributed by atoms with Crippen LogP contribution >= 0.6 is 12.2 Å². The number of ether oxygens (including phenoxy) is 1. The van der Waals surface area contributed by atoms with E-state index >= 15 is 0 Å². The van der Waals surface area contributed by atoms with Crippen molar-refractivity contribution in [2.75, 3.05) is 5.32 Å². The summed E-state index contributed by atoms with van der Waals surface area (Å²) in [6.45, 7) is 6.28. The second-order valence-corrected chi connectivity index (χ2v) is 7.03. The number of fused-ring (bicyclic) bond motifs is 1. The van der Waals surface area contributed by atoms with Gasteiger partial charge in [-0.15, -0.1) is 0 Å². The zero-order valence-electron chi connectivity index (χ0n) is 13.7. The van der Waals surface area contributed by atoms with Gasteiger partial charge in [-0.05, 0) is 51.2 Å². The Hall–Kier alpha value is -2.07. The van der Waals surface area contributed by atoms with Gasteiger partial charge in [-0.1, -0.05) is 35.9 Å². The number of hydrogen-bond donors (Lipinski definition) is 2. The number of para-hydroxylation sites is 1. The summed E-state index contributed by atoms with van der Waals surface area (Å²) in [6.07, 6.45) is 0.861. The Morgan fingerprint density at radius 3 is 2.57 bits per heavy atom. The minimum atomic E-state index is -0.217. The summed E-state index contributed by atoms with van der Waals surface area (Å²) in [5, 5.41) is 7.32. The van der Waals surface area contributed by atoms with Crippen LogP contribution in [0.2, 0.25) is 0 Å². The minimum Gasteiger partial charge on any atom is -0.487 e. The fraction of sp³-hybridized carbons (Fsp3) is 0.316. The lowest BCUT2D eigenvalue weighted by Crippen LogP contribution is -2.42. The van der Waals surface area contributed by atoms with Crippen molar-refractivity contribution in [3.8, 4) is 5.75 Å². The molecule has 2 aromatic rings. The molecule has 1 heterocycles. The molecule has 0 aromatic heterocycles. The average Bonchev–Trinajstić information content (AvgIpc) is 2.48. The van der Waals surface area contributed by atoms with Crippen LogP contribution in [-0.2, 0) is 0 Å². The highest BCUT2D eigenvalue weighted by Crippen LogP contribution is 2.39. The number of benzene rings is 2. The number of aryl methyl sites for hydroxylation is 1. The van der Waals surface area contributed by atoms with E-state index in [-0.39, 0.29) is 11.6 Å². The van der Waals surface area contributed by atoms with Gasteiger partial charge in [0, 0.05) is 17.7 Å². The Labute approximate surface area is 143 Å². The largest absolute Gasteiger partial charge is 0.487 e. The molecule has 23 heavy (non-hydrogen) atoms. The van der Waals surface area contributed by atoms with Crippen LogP contribution in [0.15, 0.2) is 48.5 Å². The highest BCUT2D eigenvalue weighted by molar-refractivity contribution is 7.80. The number of rotatable bonds is 2. The molecule has 0 aliphatic carbocycles. The van der Waals surface area contributed by atoms with Crippen LogP contribution in [0.4, 0.5) is 5.69 Å². The van der Waals surface area contributed by atoms with Crippen molar-refractivity contribution in [2.24, 2.45) is 0 Å². The monoisotopic (exact) mass is 326 g/mol. The van der Waals surface area contributed by atoms with E-state index in [4.69, 9.17) is 17.0 Å². The van der Waals surface area contributed by atoms with Gasteiger partial charge in [0.1, 0.15) is 11.4 Å². The first-order valence-electron chi connectivity index (χ1n) is 7.85. The van der Waals surface area contributed by atoms with Gasteiger partial charge in [0.2, 0.25) is 0 Å². The summed E-state index contributed by atoms with van der Waals surface area (Å²) in [6, 6.07) is 16.5. The zero-order valence-corrected chi connectivity index (χ0v) is 14.5. The van der Waals surface area contributed by atoms with E-state index in [0.717, 1.165) is 23.4 Å². The predicted molar refractivity (Wildman–Crippen MR) is 99.0 cm³/mol. The van der Waals surface area contributed by atoms with Crippen LogP contribution in [0, 0.1) is 6.92 Å². The number of nitrogens with one attached hydrogen (secondary N) is 2. The molecule has 0 amide bonds. The molecule has 120 valence electrons. The molecule has 2 aromatic carbocycles. The molecular formula is C19H22N2OS. The van der Waals surface area contributed by atoms with E-state index in [1.165, 1.54) is 5.56 Å². The van der Waals surface area contributed by atoms with Crippen molar-refractivity contribution < 1.29 is 4.74 Å². The van der Waals surface area contributed by atoms with Gasteiger partial charge < -0.3 is 15.4 Å². The third kappa shape index (κ3) is 3.82. The Balaban J connectivity index is 1.74. The topological polar surface area (TPSA) is 33.3 Å². The molecule has 0 unspecified atom stereocenters. The van der Waals surface area contributed by atoms with E-state index in [1.54, 1.807) is 0 Å². The van der Waals surface area contributed by atoms with Crippen LogP contribution in [0.1, 0.15) is 37.4 Å². The molecule has 0 saturated heterocycles. The summed E-state index contributed by atoms with van der Waals surface area (Å²) >= 11 is 5.49. The maximum absolute atomic E-state index is 6.06. The zero-order chi connectivity index (χ0) is 16.4. The molecule has 0 fully saturated rings. The van der Waals surface area contributed by atoms with Gasteiger partial charge in [-0.3, -0.25) is 0 Å². The fourth-order valence-corrected chi connectivity index (χ4v) is 3.15. The summed E-state index contributed by atoms with van der Waals surface area (Å²) in [5.74, 6) is 0.930. The van der Waals surface area contributed by atoms with Crippen molar-refractivity contribution in [2.45, 2.75) is 38.8 Å². The Kier molecular flexibility index (Phi) is 4.26. The highest BCUT2D eigenvalue weighted by atomic mass is 32.1. The van der Waals surface area contributed by atoms with Crippen LogP contribution in [0.25, 0.3) is 0 Å².